The van der Waals surface area contributed by atoms with Gasteiger partial charge in [0.05, 0.1) is 7.11 Å². The molecule has 1 fully saturated rings. The molecule has 0 aliphatic carbocycles. The average Bonchev–Trinajstić information content (AvgIpc) is 3.18. The third-order valence-corrected chi connectivity index (χ3v) is 6.27. The van der Waals surface area contributed by atoms with Crippen LogP contribution in [0.5, 0.6) is 11.5 Å². The third-order valence-electron chi connectivity index (χ3n) is 6.27. The second-order valence-corrected chi connectivity index (χ2v) is 8.67. The van der Waals surface area contributed by atoms with Gasteiger partial charge in [-0.1, -0.05) is 42.5 Å². The van der Waals surface area contributed by atoms with Crippen molar-refractivity contribution < 1.29 is 19.1 Å². The number of aryl methyl sites for hydroxylation is 1. The summed E-state index contributed by atoms with van der Waals surface area (Å²) >= 11 is 0. The van der Waals surface area contributed by atoms with Crippen LogP contribution in [0.1, 0.15) is 34.3 Å². The summed E-state index contributed by atoms with van der Waals surface area (Å²) < 4.78 is 11.0. The molecule has 3 aromatic carbocycles. The zero-order chi connectivity index (χ0) is 24.5. The highest BCUT2D eigenvalue weighted by Gasteiger charge is 2.22. The van der Waals surface area contributed by atoms with Crippen molar-refractivity contribution in [2.75, 3.05) is 33.3 Å². The number of benzene rings is 3. The number of nitrogens with zero attached hydrogens (tertiary/aromatic N) is 2. The van der Waals surface area contributed by atoms with Gasteiger partial charge in [-0.3, -0.25) is 9.59 Å². The normalized spacial score (nSPS) is 13.7. The van der Waals surface area contributed by atoms with Crippen LogP contribution in [-0.2, 0) is 17.8 Å². The first-order valence-electron chi connectivity index (χ1n) is 12.1. The lowest BCUT2D eigenvalue weighted by atomic mass is 10.1. The summed E-state index contributed by atoms with van der Waals surface area (Å²) in [6, 6.07) is 25.1. The highest BCUT2D eigenvalue weighted by atomic mass is 16.5. The number of carbonyl (C=O) groups excluding carboxylic acids is 2. The number of carbonyl (C=O) groups is 2. The molecule has 6 nitrogen and oxygen atoms in total. The van der Waals surface area contributed by atoms with E-state index in [0.717, 1.165) is 29.0 Å². The van der Waals surface area contributed by atoms with Crippen LogP contribution in [0.25, 0.3) is 0 Å². The summed E-state index contributed by atoms with van der Waals surface area (Å²) in [7, 11) is 1.64. The second-order valence-electron chi connectivity index (χ2n) is 8.67. The summed E-state index contributed by atoms with van der Waals surface area (Å²) in [5.41, 5.74) is 2.85. The molecule has 0 bridgehead atoms. The van der Waals surface area contributed by atoms with Crippen molar-refractivity contribution in [1.82, 2.24) is 9.80 Å². The fourth-order valence-electron chi connectivity index (χ4n) is 4.19. The Morgan fingerprint density at radius 3 is 2.11 bits per heavy atom. The molecule has 6 heteroatoms. The second kappa shape index (κ2) is 12.1. The van der Waals surface area contributed by atoms with Crippen molar-refractivity contribution in [1.29, 1.82) is 0 Å². The standard InChI is InChI=1S/C29H32N2O4/c1-34-26-13-8-23(9-14-26)10-17-28(32)30-18-5-19-31(21-20-30)29(33)25-11-15-27(16-12-25)35-22-24-6-3-2-4-7-24/h2-4,6-9,11-16H,5,10,17-22H2,1H3. The lowest BCUT2D eigenvalue weighted by Crippen LogP contribution is -2.37. The summed E-state index contributed by atoms with van der Waals surface area (Å²) in [4.78, 5) is 29.6. The molecule has 1 saturated heterocycles. The SMILES string of the molecule is COc1ccc(CCC(=O)N2CCCN(C(=O)c3ccc(OCc4ccccc4)cc3)CC2)cc1. The number of hydrogen-bond donors (Lipinski definition) is 0. The summed E-state index contributed by atoms with van der Waals surface area (Å²) in [5.74, 6) is 1.67. The van der Waals surface area contributed by atoms with Crippen LogP contribution in [-0.4, -0.2) is 54.9 Å². The molecule has 0 saturated carbocycles. The van der Waals surface area contributed by atoms with E-state index in [0.29, 0.717) is 51.2 Å². The Kier molecular flexibility index (Phi) is 8.39. The first-order valence-corrected chi connectivity index (χ1v) is 12.1. The minimum absolute atomic E-state index is 0.00728. The molecular weight excluding hydrogens is 440 g/mol. The zero-order valence-corrected chi connectivity index (χ0v) is 20.2. The summed E-state index contributed by atoms with van der Waals surface area (Å²) in [5, 5.41) is 0. The Labute approximate surface area is 207 Å². The Morgan fingerprint density at radius 2 is 1.40 bits per heavy atom. The van der Waals surface area contributed by atoms with E-state index < -0.39 is 0 Å². The first-order chi connectivity index (χ1) is 17.1. The molecule has 182 valence electrons. The summed E-state index contributed by atoms with van der Waals surface area (Å²) in [6.07, 6.45) is 1.93. The lowest BCUT2D eigenvalue weighted by Gasteiger charge is -2.22. The first kappa shape index (κ1) is 24.3. The van der Waals surface area contributed by atoms with Crippen LogP contribution >= 0.6 is 0 Å². The van der Waals surface area contributed by atoms with Crippen LogP contribution in [0.2, 0.25) is 0 Å². The predicted octanol–water partition coefficient (Wildman–Crippen LogP) is 4.58. The number of methoxy groups -OCH3 is 1. The highest BCUT2D eigenvalue weighted by molar-refractivity contribution is 5.94. The zero-order valence-electron chi connectivity index (χ0n) is 20.2. The van der Waals surface area contributed by atoms with Crippen molar-refractivity contribution in [2.24, 2.45) is 0 Å². The van der Waals surface area contributed by atoms with E-state index in [9.17, 15) is 9.59 Å². The average molecular weight is 473 g/mol. The maximum Gasteiger partial charge on any atom is 0.253 e. The van der Waals surface area contributed by atoms with E-state index in [4.69, 9.17) is 9.47 Å². The smallest absolute Gasteiger partial charge is 0.253 e. The highest BCUT2D eigenvalue weighted by Crippen LogP contribution is 2.17. The van der Waals surface area contributed by atoms with Crippen LogP contribution < -0.4 is 9.47 Å². The largest absolute Gasteiger partial charge is 0.497 e. The Morgan fingerprint density at radius 1 is 0.743 bits per heavy atom. The van der Waals surface area contributed by atoms with Gasteiger partial charge in [0.2, 0.25) is 5.91 Å². The Hall–Kier alpha value is -3.80. The molecule has 1 aliphatic heterocycles. The monoisotopic (exact) mass is 472 g/mol. The number of ether oxygens (including phenoxy) is 2. The number of amides is 2. The predicted molar refractivity (Wildman–Crippen MR) is 136 cm³/mol. The van der Waals surface area contributed by atoms with Gasteiger partial charge in [-0.25, -0.2) is 0 Å². The van der Waals surface area contributed by atoms with Crippen LogP contribution in [0.3, 0.4) is 0 Å². The molecule has 2 amide bonds. The van der Waals surface area contributed by atoms with Gasteiger partial charge in [-0.05, 0) is 60.4 Å². The maximum absolute atomic E-state index is 13.1. The lowest BCUT2D eigenvalue weighted by molar-refractivity contribution is -0.131. The van der Waals surface area contributed by atoms with Gasteiger partial charge in [0.15, 0.2) is 0 Å². The van der Waals surface area contributed by atoms with Gasteiger partial charge in [-0.2, -0.15) is 0 Å². The van der Waals surface area contributed by atoms with Crippen LogP contribution in [0.4, 0.5) is 0 Å². The van der Waals surface area contributed by atoms with E-state index >= 15 is 0 Å². The van der Waals surface area contributed by atoms with Gasteiger partial charge in [0.1, 0.15) is 18.1 Å². The van der Waals surface area contributed by atoms with E-state index in [1.54, 1.807) is 7.11 Å². The van der Waals surface area contributed by atoms with Crippen molar-refractivity contribution in [3.8, 4) is 11.5 Å². The number of rotatable bonds is 8. The fraction of sp³-hybridized carbons (Fsp3) is 0.310. The third kappa shape index (κ3) is 6.85. The summed E-state index contributed by atoms with van der Waals surface area (Å²) in [6.45, 7) is 2.91. The molecule has 1 aliphatic rings. The van der Waals surface area contributed by atoms with E-state index in [2.05, 4.69) is 0 Å². The van der Waals surface area contributed by atoms with Crippen molar-refractivity contribution in [2.45, 2.75) is 25.9 Å². The molecule has 0 atom stereocenters. The minimum atomic E-state index is -0.00728. The molecule has 1 heterocycles. The fourth-order valence-corrected chi connectivity index (χ4v) is 4.19. The number of hydrogen-bond acceptors (Lipinski definition) is 4. The molecular formula is C29H32N2O4. The van der Waals surface area contributed by atoms with Crippen LogP contribution in [0, 0.1) is 0 Å². The van der Waals surface area contributed by atoms with E-state index in [1.807, 2.05) is 88.7 Å². The van der Waals surface area contributed by atoms with E-state index in [-0.39, 0.29) is 11.8 Å². The van der Waals surface area contributed by atoms with Gasteiger partial charge in [-0.15, -0.1) is 0 Å². The quantitative estimate of drug-likeness (QED) is 0.482. The maximum atomic E-state index is 13.1. The van der Waals surface area contributed by atoms with Gasteiger partial charge >= 0.3 is 0 Å². The molecule has 0 spiro atoms. The van der Waals surface area contributed by atoms with Gasteiger partial charge in [0, 0.05) is 38.2 Å². The molecule has 0 radical (unpaired) electrons. The van der Waals surface area contributed by atoms with Crippen LogP contribution in [0.15, 0.2) is 78.9 Å². The Balaban J connectivity index is 1.25. The van der Waals surface area contributed by atoms with Crippen molar-refractivity contribution >= 4 is 11.8 Å². The van der Waals surface area contributed by atoms with Gasteiger partial charge in [0.25, 0.3) is 5.91 Å². The molecule has 4 rings (SSSR count). The van der Waals surface area contributed by atoms with E-state index in [1.165, 1.54) is 0 Å². The Bertz CT molecular complexity index is 1100. The molecule has 0 aromatic heterocycles. The minimum Gasteiger partial charge on any atom is -0.497 e. The topological polar surface area (TPSA) is 59.1 Å². The van der Waals surface area contributed by atoms with Gasteiger partial charge < -0.3 is 19.3 Å². The molecule has 0 N–H and O–H groups in total. The van der Waals surface area contributed by atoms with Crippen molar-refractivity contribution in [3.63, 3.8) is 0 Å². The molecule has 35 heavy (non-hydrogen) atoms. The van der Waals surface area contributed by atoms with Crippen molar-refractivity contribution in [3.05, 3.63) is 95.6 Å². The molecule has 0 unspecified atom stereocenters. The molecule has 3 aromatic rings.